The number of rotatable bonds is 2. The summed E-state index contributed by atoms with van der Waals surface area (Å²) in [4.78, 5) is 28.3. The van der Waals surface area contributed by atoms with E-state index in [4.69, 9.17) is 16.9 Å². The summed E-state index contributed by atoms with van der Waals surface area (Å²) in [5.41, 5.74) is 1.35. The zero-order valence-electron chi connectivity index (χ0n) is 13.9. The molecule has 0 aromatic heterocycles. The van der Waals surface area contributed by atoms with Crippen molar-refractivity contribution in [2.24, 2.45) is 0 Å². The molecule has 5 nitrogen and oxygen atoms in total. The number of nitriles is 1. The first kappa shape index (κ1) is 17.9. The number of hydrogen-bond acceptors (Lipinski definition) is 3. The van der Waals surface area contributed by atoms with Gasteiger partial charge in [-0.05, 0) is 49.4 Å². The summed E-state index contributed by atoms with van der Waals surface area (Å²) in [6.45, 7) is 2.04. The first-order valence-electron chi connectivity index (χ1n) is 7.97. The van der Waals surface area contributed by atoms with Gasteiger partial charge in [0.25, 0.3) is 5.91 Å². The standard InChI is InChI=1S/C19H15ClFN3O2/c1-12-10-24(15-5-2-13(9-22)3-6-15)18(25)11-23(12)19(26)16-7-4-14(21)8-17(16)20/h2-8,12H,10-11H2,1H3. The molecular weight excluding hydrogens is 357 g/mol. The van der Waals surface area contributed by atoms with Gasteiger partial charge in [0.2, 0.25) is 5.91 Å². The van der Waals surface area contributed by atoms with Crippen LogP contribution in [0.3, 0.4) is 0 Å². The van der Waals surface area contributed by atoms with Crippen molar-refractivity contribution in [3.63, 3.8) is 0 Å². The van der Waals surface area contributed by atoms with Gasteiger partial charge in [0.05, 0.1) is 22.2 Å². The minimum absolute atomic E-state index is 0.0178. The third kappa shape index (κ3) is 3.39. The lowest BCUT2D eigenvalue weighted by Crippen LogP contribution is -2.57. The zero-order chi connectivity index (χ0) is 18.8. The molecule has 2 aromatic carbocycles. The molecule has 0 aliphatic carbocycles. The minimum Gasteiger partial charge on any atom is -0.325 e. The van der Waals surface area contributed by atoms with Crippen LogP contribution in [0, 0.1) is 17.1 Å². The van der Waals surface area contributed by atoms with E-state index in [1.165, 1.54) is 17.0 Å². The number of carbonyl (C=O) groups is 2. The van der Waals surface area contributed by atoms with Crippen LogP contribution in [0.5, 0.6) is 0 Å². The van der Waals surface area contributed by atoms with Crippen LogP contribution in [0.15, 0.2) is 42.5 Å². The summed E-state index contributed by atoms with van der Waals surface area (Å²) in [7, 11) is 0. The number of hydrogen-bond donors (Lipinski definition) is 0. The lowest BCUT2D eigenvalue weighted by Gasteiger charge is -2.39. The Morgan fingerprint density at radius 1 is 1.27 bits per heavy atom. The predicted octanol–water partition coefficient (Wildman–Crippen LogP) is 3.23. The molecule has 0 radical (unpaired) electrons. The number of benzene rings is 2. The van der Waals surface area contributed by atoms with Crippen LogP contribution in [-0.2, 0) is 4.79 Å². The summed E-state index contributed by atoms with van der Waals surface area (Å²) in [6.07, 6.45) is 0. The molecule has 1 saturated heterocycles. The molecule has 26 heavy (non-hydrogen) atoms. The highest BCUT2D eigenvalue weighted by molar-refractivity contribution is 6.33. The van der Waals surface area contributed by atoms with Crippen molar-refractivity contribution in [2.45, 2.75) is 13.0 Å². The predicted molar refractivity (Wildman–Crippen MR) is 95.4 cm³/mol. The number of halogens is 2. The van der Waals surface area contributed by atoms with Crippen LogP contribution in [0.1, 0.15) is 22.8 Å². The Hall–Kier alpha value is -2.91. The summed E-state index contributed by atoms with van der Waals surface area (Å²) in [6, 6.07) is 12.0. The molecule has 1 heterocycles. The molecule has 0 N–H and O–H groups in total. The molecule has 132 valence electrons. The highest BCUT2D eigenvalue weighted by atomic mass is 35.5. The third-order valence-electron chi connectivity index (χ3n) is 4.32. The Morgan fingerprint density at radius 3 is 2.58 bits per heavy atom. The number of piperazine rings is 1. The largest absolute Gasteiger partial charge is 0.325 e. The summed E-state index contributed by atoms with van der Waals surface area (Å²) < 4.78 is 13.2. The van der Waals surface area contributed by atoms with Crippen LogP contribution < -0.4 is 4.90 Å². The van der Waals surface area contributed by atoms with E-state index in [0.717, 1.165) is 6.07 Å². The van der Waals surface area contributed by atoms with Crippen LogP contribution in [-0.4, -0.2) is 35.8 Å². The number of nitrogens with zero attached hydrogens (tertiary/aromatic N) is 3. The lowest BCUT2D eigenvalue weighted by atomic mass is 10.1. The normalized spacial score (nSPS) is 17.2. The van der Waals surface area contributed by atoms with Crippen molar-refractivity contribution in [1.82, 2.24) is 4.90 Å². The van der Waals surface area contributed by atoms with Crippen LogP contribution in [0.25, 0.3) is 0 Å². The molecule has 0 bridgehead atoms. The molecule has 3 rings (SSSR count). The summed E-state index contributed by atoms with van der Waals surface area (Å²) >= 11 is 5.97. The van der Waals surface area contributed by atoms with Crippen molar-refractivity contribution < 1.29 is 14.0 Å². The van der Waals surface area contributed by atoms with Gasteiger partial charge in [0, 0.05) is 18.3 Å². The van der Waals surface area contributed by atoms with Gasteiger partial charge in [-0.15, -0.1) is 0 Å². The maximum absolute atomic E-state index is 13.2. The second-order valence-corrected chi connectivity index (χ2v) is 6.48. The van der Waals surface area contributed by atoms with Gasteiger partial charge in [0.15, 0.2) is 0 Å². The van der Waals surface area contributed by atoms with E-state index >= 15 is 0 Å². The van der Waals surface area contributed by atoms with E-state index in [0.29, 0.717) is 17.8 Å². The van der Waals surface area contributed by atoms with E-state index in [9.17, 15) is 14.0 Å². The average molecular weight is 372 g/mol. The fourth-order valence-electron chi connectivity index (χ4n) is 2.91. The highest BCUT2D eigenvalue weighted by Crippen LogP contribution is 2.24. The van der Waals surface area contributed by atoms with Crippen molar-refractivity contribution in [3.8, 4) is 6.07 Å². The second-order valence-electron chi connectivity index (χ2n) is 6.07. The molecule has 0 saturated carbocycles. The van der Waals surface area contributed by atoms with E-state index < -0.39 is 11.7 Å². The summed E-state index contributed by atoms with van der Waals surface area (Å²) in [5.74, 6) is -1.17. The maximum atomic E-state index is 13.2. The van der Waals surface area contributed by atoms with E-state index in [1.54, 1.807) is 29.2 Å². The molecule has 1 aliphatic heterocycles. The molecule has 0 spiro atoms. The van der Waals surface area contributed by atoms with Gasteiger partial charge in [-0.1, -0.05) is 11.6 Å². The van der Waals surface area contributed by atoms with Crippen molar-refractivity contribution in [3.05, 3.63) is 64.4 Å². The number of amides is 2. The Kier molecular flexibility index (Phi) is 4.92. The molecule has 1 fully saturated rings. The molecule has 1 atom stereocenters. The minimum atomic E-state index is -0.527. The molecule has 1 aliphatic rings. The Labute approximate surface area is 155 Å². The third-order valence-corrected chi connectivity index (χ3v) is 4.63. The van der Waals surface area contributed by atoms with Gasteiger partial charge in [-0.25, -0.2) is 4.39 Å². The van der Waals surface area contributed by atoms with Crippen molar-refractivity contribution in [2.75, 3.05) is 18.0 Å². The van der Waals surface area contributed by atoms with Gasteiger partial charge < -0.3 is 9.80 Å². The molecule has 2 amide bonds. The van der Waals surface area contributed by atoms with Gasteiger partial charge in [-0.2, -0.15) is 5.26 Å². The zero-order valence-corrected chi connectivity index (χ0v) is 14.7. The number of anilines is 1. The molecule has 1 unspecified atom stereocenters. The van der Waals surface area contributed by atoms with Crippen molar-refractivity contribution in [1.29, 1.82) is 5.26 Å². The van der Waals surface area contributed by atoms with Crippen molar-refractivity contribution >= 4 is 29.1 Å². The number of carbonyl (C=O) groups excluding carboxylic acids is 2. The van der Waals surface area contributed by atoms with Crippen LogP contribution >= 0.6 is 11.6 Å². The molecular formula is C19H15ClFN3O2. The van der Waals surface area contributed by atoms with E-state index in [-0.39, 0.29) is 29.1 Å². The monoisotopic (exact) mass is 371 g/mol. The summed E-state index contributed by atoms with van der Waals surface area (Å²) in [5, 5.41) is 8.89. The van der Waals surface area contributed by atoms with Gasteiger partial charge >= 0.3 is 0 Å². The first-order valence-corrected chi connectivity index (χ1v) is 8.35. The van der Waals surface area contributed by atoms with Gasteiger partial charge in [0.1, 0.15) is 12.4 Å². The fraction of sp³-hybridized carbons (Fsp3) is 0.211. The van der Waals surface area contributed by atoms with Gasteiger partial charge in [-0.3, -0.25) is 9.59 Å². The van der Waals surface area contributed by atoms with E-state index in [2.05, 4.69) is 0 Å². The Balaban J connectivity index is 1.80. The smallest absolute Gasteiger partial charge is 0.256 e. The first-order chi connectivity index (χ1) is 12.4. The second kappa shape index (κ2) is 7.14. The SMILES string of the molecule is CC1CN(c2ccc(C#N)cc2)C(=O)CN1C(=O)c1ccc(F)cc1Cl. The molecule has 2 aromatic rings. The quantitative estimate of drug-likeness (QED) is 0.814. The average Bonchev–Trinajstić information content (AvgIpc) is 2.63. The van der Waals surface area contributed by atoms with Crippen LogP contribution in [0.2, 0.25) is 5.02 Å². The Bertz CT molecular complexity index is 908. The molecule has 7 heteroatoms. The Morgan fingerprint density at radius 2 is 1.96 bits per heavy atom. The fourth-order valence-corrected chi connectivity index (χ4v) is 3.15. The van der Waals surface area contributed by atoms with E-state index in [1.807, 2.05) is 13.0 Å². The lowest BCUT2D eigenvalue weighted by molar-refractivity contribution is -0.121. The highest BCUT2D eigenvalue weighted by Gasteiger charge is 2.34. The maximum Gasteiger partial charge on any atom is 0.256 e. The topological polar surface area (TPSA) is 64.4 Å². The van der Waals surface area contributed by atoms with Crippen LogP contribution in [0.4, 0.5) is 10.1 Å².